The second-order valence-electron chi connectivity index (χ2n) is 6.61. The van der Waals surface area contributed by atoms with Gasteiger partial charge in [-0.2, -0.15) is 13.2 Å². The molecule has 2 aromatic rings. The molecule has 13 heteroatoms. The molecule has 3 heterocycles. The molecular weight excluding hydrogens is 411 g/mol. The number of ether oxygens (including phenoxy) is 1. The Morgan fingerprint density at radius 3 is 2.57 bits per heavy atom. The minimum atomic E-state index is -5.08. The van der Waals surface area contributed by atoms with Crippen LogP contribution in [-0.2, 0) is 40.6 Å². The predicted molar refractivity (Wildman–Crippen MR) is 94.9 cm³/mol. The SMILES string of the molecule is CN(C)C(=O)COCc1nnc2n1CCN(Cc1ccoc1)C2.O=C(O)C(F)(F)F. The monoisotopic (exact) mass is 433 g/mol. The van der Waals surface area contributed by atoms with E-state index in [0.717, 1.165) is 43.4 Å². The number of rotatable bonds is 6. The Kier molecular flexibility index (Phi) is 7.94. The van der Waals surface area contributed by atoms with Crippen LogP contribution in [0.2, 0.25) is 0 Å². The van der Waals surface area contributed by atoms with Gasteiger partial charge in [-0.3, -0.25) is 9.69 Å². The molecule has 0 saturated heterocycles. The van der Waals surface area contributed by atoms with E-state index in [4.69, 9.17) is 19.1 Å². The molecule has 0 saturated carbocycles. The lowest BCUT2D eigenvalue weighted by molar-refractivity contribution is -0.192. The molecule has 0 spiro atoms. The molecule has 1 N–H and O–H groups in total. The number of carboxylic acids is 1. The van der Waals surface area contributed by atoms with E-state index >= 15 is 0 Å². The molecule has 3 rings (SSSR count). The quantitative estimate of drug-likeness (QED) is 0.721. The van der Waals surface area contributed by atoms with E-state index < -0.39 is 12.1 Å². The summed E-state index contributed by atoms with van der Waals surface area (Å²) < 4.78 is 44.4. The lowest BCUT2D eigenvalue weighted by atomic mass is 10.2. The van der Waals surface area contributed by atoms with Crippen molar-refractivity contribution >= 4 is 11.9 Å². The van der Waals surface area contributed by atoms with Crippen LogP contribution in [0, 0.1) is 0 Å². The molecule has 0 fully saturated rings. The van der Waals surface area contributed by atoms with Gasteiger partial charge in [0.15, 0.2) is 5.82 Å². The summed E-state index contributed by atoms with van der Waals surface area (Å²) >= 11 is 0. The number of halogens is 3. The summed E-state index contributed by atoms with van der Waals surface area (Å²) in [4.78, 5) is 24.2. The standard InChI is InChI=1S/C15H21N5O3.C2HF3O2/c1-18(2)15(21)11-23-10-14-17-16-13-8-19(4-5-20(13)14)7-12-3-6-22-9-12;3-2(4,5)1(6)7/h3,6,9H,4-5,7-8,10-11H2,1-2H3;(H,6,7). The first kappa shape index (κ1) is 23.3. The van der Waals surface area contributed by atoms with Crippen molar-refractivity contribution in [3.05, 3.63) is 35.8 Å². The van der Waals surface area contributed by atoms with E-state index in [1.165, 1.54) is 4.90 Å². The number of carboxylic acid groups (broad SMARTS) is 1. The van der Waals surface area contributed by atoms with Crippen molar-refractivity contribution in [2.24, 2.45) is 0 Å². The highest BCUT2D eigenvalue weighted by Gasteiger charge is 2.38. The molecule has 0 atom stereocenters. The van der Waals surface area contributed by atoms with Crippen molar-refractivity contribution in [1.29, 1.82) is 0 Å². The normalized spacial score (nSPS) is 13.9. The fourth-order valence-corrected chi connectivity index (χ4v) is 2.51. The summed E-state index contributed by atoms with van der Waals surface area (Å²) in [6, 6.07) is 1.97. The number of aliphatic carboxylic acids is 1. The van der Waals surface area contributed by atoms with E-state index in [-0.39, 0.29) is 12.5 Å². The van der Waals surface area contributed by atoms with Gasteiger partial charge in [0.25, 0.3) is 0 Å². The van der Waals surface area contributed by atoms with Crippen LogP contribution in [0.4, 0.5) is 13.2 Å². The highest BCUT2D eigenvalue weighted by molar-refractivity contribution is 5.76. The van der Waals surface area contributed by atoms with Crippen molar-refractivity contribution in [1.82, 2.24) is 24.6 Å². The minimum Gasteiger partial charge on any atom is -0.475 e. The Bertz CT molecular complexity index is 835. The average molecular weight is 433 g/mol. The van der Waals surface area contributed by atoms with Crippen LogP contribution in [0.1, 0.15) is 17.2 Å². The number of carbonyl (C=O) groups excluding carboxylic acids is 1. The first-order chi connectivity index (χ1) is 14.1. The third kappa shape index (κ3) is 6.84. The fraction of sp³-hybridized carbons (Fsp3) is 0.529. The molecule has 0 radical (unpaired) electrons. The van der Waals surface area contributed by atoms with Crippen LogP contribution in [0.25, 0.3) is 0 Å². The van der Waals surface area contributed by atoms with Gasteiger partial charge < -0.3 is 23.7 Å². The molecule has 30 heavy (non-hydrogen) atoms. The third-order valence-electron chi connectivity index (χ3n) is 4.09. The molecule has 0 aliphatic carbocycles. The number of hydrogen-bond donors (Lipinski definition) is 1. The summed E-state index contributed by atoms with van der Waals surface area (Å²) in [5.41, 5.74) is 1.16. The number of nitrogens with zero attached hydrogens (tertiary/aromatic N) is 5. The molecule has 0 bridgehead atoms. The van der Waals surface area contributed by atoms with Gasteiger partial charge in [0.1, 0.15) is 19.0 Å². The zero-order valence-electron chi connectivity index (χ0n) is 16.4. The number of alkyl halides is 3. The zero-order chi connectivity index (χ0) is 22.3. The summed E-state index contributed by atoms with van der Waals surface area (Å²) in [5.74, 6) is -1.12. The lowest BCUT2D eigenvalue weighted by Gasteiger charge is -2.27. The van der Waals surface area contributed by atoms with Gasteiger partial charge in [0.05, 0.1) is 19.1 Å². The van der Waals surface area contributed by atoms with Crippen LogP contribution in [0.3, 0.4) is 0 Å². The maximum absolute atomic E-state index is 11.5. The van der Waals surface area contributed by atoms with E-state index in [0.29, 0.717) is 6.61 Å². The molecule has 166 valence electrons. The fourth-order valence-electron chi connectivity index (χ4n) is 2.51. The highest BCUT2D eigenvalue weighted by atomic mass is 19.4. The largest absolute Gasteiger partial charge is 0.490 e. The topological polar surface area (TPSA) is 114 Å². The second-order valence-corrected chi connectivity index (χ2v) is 6.61. The summed E-state index contributed by atoms with van der Waals surface area (Å²) in [6.45, 7) is 3.68. The minimum absolute atomic E-state index is 0.0573. The van der Waals surface area contributed by atoms with Gasteiger partial charge in [-0.15, -0.1) is 10.2 Å². The van der Waals surface area contributed by atoms with Crippen LogP contribution >= 0.6 is 0 Å². The van der Waals surface area contributed by atoms with Crippen molar-refractivity contribution in [3.63, 3.8) is 0 Å². The predicted octanol–water partition coefficient (Wildman–Crippen LogP) is 1.13. The van der Waals surface area contributed by atoms with Crippen LogP contribution in [0.5, 0.6) is 0 Å². The van der Waals surface area contributed by atoms with Gasteiger partial charge in [0.2, 0.25) is 5.91 Å². The highest BCUT2D eigenvalue weighted by Crippen LogP contribution is 2.16. The molecule has 1 amide bonds. The number of hydrogen-bond acceptors (Lipinski definition) is 7. The van der Waals surface area contributed by atoms with Crippen molar-refractivity contribution in [3.8, 4) is 0 Å². The van der Waals surface area contributed by atoms with E-state index in [2.05, 4.69) is 19.7 Å². The smallest absolute Gasteiger partial charge is 0.475 e. The van der Waals surface area contributed by atoms with Gasteiger partial charge in [0, 0.05) is 39.3 Å². The Labute approximate surface area is 169 Å². The molecule has 1 aliphatic heterocycles. The van der Waals surface area contributed by atoms with Crippen LogP contribution in [-0.4, -0.2) is 75.0 Å². The summed E-state index contributed by atoms with van der Waals surface area (Å²) in [7, 11) is 3.42. The first-order valence-electron chi connectivity index (χ1n) is 8.80. The van der Waals surface area contributed by atoms with Gasteiger partial charge in [-0.05, 0) is 6.07 Å². The van der Waals surface area contributed by atoms with Crippen molar-refractivity contribution in [2.75, 3.05) is 27.2 Å². The Hall–Kier alpha value is -2.93. The number of likely N-dealkylation sites (N-methyl/N-ethyl adjacent to an activating group) is 1. The molecule has 0 unspecified atom stereocenters. The van der Waals surface area contributed by atoms with Crippen molar-refractivity contribution in [2.45, 2.75) is 32.4 Å². The van der Waals surface area contributed by atoms with Gasteiger partial charge in [-0.25, -0.2) is 4.79 Å². The van der Waals surface area contributed by atoms with Crippen molar-refractivity contribution < 1.29 is 37.0 Å². The van der Waals surface area contributed by atoms with E-state index in [9.17, 15) is 18.0 Å². The third-order valence-corrected chi connectivity index (χ3v) is 4.09. The van der Waals surface area contributed by atoms with E-state index in [1.54, 1.807) is 26.6 Å². The molecular formula is C17H22F3N5O5. The Morgan fingerprint density at radius 2 is 2.00 bits per heavy atom. The Morgan fingerprint density at radius 1 is 1.30 bits per heavy atom. The maximum Gasteiger partial charge on any atom is 0.490 e. The van der Waals surface area contributed by atoms with Gasteiger partial charge in [-0.1, -0.05) is 0 Å². The van der Waals surface area contributed by atoms with Crippen LogP contribution < -0.4 is 0 Å². The average Bonchev–Trinajstić information content (AvgIpc) is 3.31. The molecule has 10 nitrogen and oxygen atoms in total. The summed E-state index contributed by atoms with van der Waals surface area (Å²) in [5, 5.41) is 15.6. The number of aromatic nitrogens is 3. The molecule has 1 aliphatic rings. The summed E-state index contributed by atoms with van der Waals surface area (Å²) in [6.07, 6.45) is -1.63. The van der Waals surface area contributed by atoms with E-state index in [1.807, 2.05) is 6.07 Å². The molecule has 2 aromatic heterocycles. The lowest BCUT2D eigenvalue weighted by Crippen LogP contribution is -2.34. The Balaban J connectivity index is 0.000000396. The first-order valence-corrected chi connectivity index (χ1v) is 8.80. The second kappa shape index (κ2) is 10.2. The van der Waals surface area contributed by atoms with Gasteiger partial charge >= 0.3 is 12.1 Å². The number of fused-ring (bicyclic) bond motifs is 1. The maximum atomic E-state index is 11.5. The number of amides is 1. The zero-order valence-corrected chi connectivity index (χ0v) is 16.4. The number of carbonyl (C=O) groups is 2. The van der Waals surface area contributed by atoms with Crippen LogP contribution in [0.15, 0.2) is 23.0 Å². The number of furan rings is 1. The molecule has 0 aromatic carbocycles.